The summed E-state index contributed by atoms with van der Waals surface area (Å²) in [6.07, 6.45) is 8.06. The van der Waals surface area contributed by atoms with E-state index >= 15 is 0 Å². The number of nitrogens with one attached hydrogen (secondary N) is 1. The predicted octanol–water partition coefficient (Wildman–Crippen LogP) is 3.06. The molecule has 132 valence electrons. The van der Waals surface area contributed by atoms with Gasteiger partial charge in [0.2, 0.25) is 5.91 Å². The van der Waals surface area contributed by atoms with Gasteiger partial charge in [-0.2, -0.15) is 0 Å². The highest BCUT2D eigenvalue weighted by atomic mass is 16.2. The first-order valence-corrected chi connectivity index (χ1v) is 9.12. The third-order valence-corrected chi connectivity index (χ3v) is 5.27. The number of fused-ring (bicyclic) bond motifs is 1. The summed E-state index contributed by atoms with van der Waals surface area (Å²) in [5.74, 6) is 0.511. The van der Waals surface area contributed by atoms with Gasteiger partial charge in [-0.25, -0.2) is 9.97 Å². The van der Waals surface area contributed by atoms with E-state index in [-0.39, 0.29) is 18.1 Å². The summed E-state index contributed by atoms with van der Waals surface area (Å²) in [5, 5.41) is 0. The molecule has 2 aromatic heterocycles. The molecule has 0 bridgehead atoms. The lowest BCUT2D eigenvalue weighted by Crippen LogP contribution is -2.40. The number of aromatic amines is 1. The molecular formula is C19H24N4O2. The second-order valence-corrected chi connectivity index (χ2v) is 7.95. The predicted molar refractivity (Wildman–Crippen MR) is 94.4 cm³/mol. The lowest BCUT2D eigenvalue weighted by molar-refractivity contribution is -0.139. The molecule has 2 aliphatic rings. The Labute approximate surface area is 147 Å². The van der Waals surface area contributed by atoms with Gasteiger partial charge < -0.3 is 9.88 Å². The number of Topliss-reactive ketones (excluding diaryl/α,β-unsaturated/α-hetero) is 1. The minimum atomic E-state index is -0.702. The number of rotatable bonds is 5. The van der Waals surface area contributed by atoms with Crippen molar-refractivity contribution in [1.82, 2.24) is 19.9 Å². The fourth-order valence-corrected chi connectivity index (χ4v) is 3.61. The van der Waals surface area contributed by atoms with Crippen LogP contribution in [0.15, 0.2) is 12.4 Å². The van der Waals surface area contributed by atoms with Crippen LogP contribution in [0.25, 0.3) is 11.2 Å². The number of H-pyrrole nitrogens is 1. The van der Waals surface area contributed by atoms with Crippen molar-refractivity contribution in [3.8, 4) is 0 Å². The molecule has 6 heteroatoms. The Bertz CT molecular complexity index is 829. The van der Waals surface area contributed by atoms with Gasteiger partial charge in [0.1, 0.15) is 5.52 Å². The smallest absolute Gasteiger partial charge is 0.228 e. The number of likely N-dealkylation sites (tertiary alicyclic amines) is 1. The van der Waals surface area contributed by atoms with Crippen molar-refractivity contribution in [2.45, 2.75) is 51.9 Å². The van der Waals surface area contributed by atoms with E-state index in [4.69, 9.17) is 0 Å². The summed E-state index contributed by atoms with van der Waals surface area (Å²) in [6.45, 7) is 5.34. The maximum absolute atomic E-state index is 12.9. The van der Waals surface area contributed by atoms with Crippen molar-refractivity contribution in [2.24, 2.45) is 5.41 Å². The van der Waals surface area contributed by atoms with Crippen molar-refractivity contribution in [1.29, 1.82) is 0 Å². The van der Waals surface area contributed by atoms with Crippen molar-refractivity contribution in [2.75, 3.05) is 13.1 Å². The monoisotopic (exact) mass is 340 g/mol. The minimum Gasteiger partial charge on any atom is -0.344 e. The van der Waals surface area contributed by atoms with Gasteiger partial charge in [0.25, 0.3) is 0 Å². The first-order chi connectivity index (χ1) is 12.0. The van der Waals surface area contributed by atoms with Gasteiger partial charge in [-0.05, 0) is 25.7 Å². The molecule has 0 atom stereocenters. The second kappa shape index (κ2) is 5.93. The highest BCUT2D eigenvalue weighted by molar-refractivity contribution is 6.07. The zero-order valence-electron chi connectivity index (χ0n) is 14.8. The molecule has 0 unspecified atom stereocenters. The van der Waals surface area contributed by atoms with E-state index in [0.29, 0.717) is 22.6 Å². The molecule has 0 spiro atoms. The minimum absolute atomic E-state index is 0.0500. The van der Waals surface area contributed by atoms with Gasteiger partial charge in [-0.1, -0.05) is 13.8 Å². The van der Waals surface area contributed by atoms with Crippen molar-refractivity contribution in [3.63, 3.8) is 0 Å². The molecule has 6 nitrogen and oxygen atoms in total. The molecule has 2 fully saturated rings. The molecule has 3 heterocycles. The van der Waals surface area contributed by atoms with Crippen molar-refractivity contribution in [3.05, 3.63) is 23.7 Å². The van der Waals surface area contributed by atoms with Crippen LogP contribution in [0, 0.1) is 5.41 Å². The average molecular weight is 340 g/mol. The number of hydrogen-bond acceptors (Lipinski definition) is 4. The van der Waals surface area contributed by atoms with Crippen LogP contribution in [-0.4, -0.2) is 44.6 Å². The zero-order chi connectivity index (χ0) is 17.6. The van der Waals surface area contributed by atoms with Crippen LogP contribution >= 0.6 is 0 Å². The Balaban J connectivity index is 1.56. The van der Waals surface area contributed by atoms with Gasteiger partial charge in [0, 0.05) is 31.6 Å². The summed E-state index contributed by atoms with van der Waals surface area (Å²) in [5.41, 5.74) is 2.09. The number of ketones is 1. The molecule has 4 rings (SSSR count). The van der Waals surface area contributed by atoms with Crippen LogP contribution in [0.4, 0.5) is 0 Å². The molecule has 25 heavy (non-hydrogen) atoms. The molecular weight excluding hydrogens is 316 g/mol. The molecule has 1 N–H and O–H groups in total. The number of aromatic nitrogens is 3. The van der Waals surface area contributed by atoms with Crippen LogP contribution in [0.3, 0.4) is 0 Å². The molecule has 1 amide bonds. The standard InChI is InChI=1S/C19H24N4O2/c1-19(2,18(25)23-7-3-4-8-23)9-15(24)13-10-20-17-16(13)22-14(11-21-17)12-5-6-12/h10-12H,3-9H2,1-2H3,(H,20,21). The van der Waals surface area contributed by atoms with E-state index in [2.05, 4.69) is 15.0 Å². The molecule has 0 aromatic carbocycles. The molecule has 1 saturated heterocycles. The summed E-state index contributed by atoms with van der Waals surface area (Å²) >= 11 is 0. The van der Waals surface area contributed by atoms with Crippen LogP contribution in [0.5, 0.6) is 0 Å². The number of amides is 1. The van der Waals surface area contributed by atoms with Gasteiger partial charge in [0.15, 0.2) is 11.4 Å². The van der Waals surface area contributed by atoms with E-state index in [1.165, 1.54) is 0 Å². The Kier molecular flexibility index (Phi) is 3.85. The third-order valence-electron chi connectivity index (χ3n) is 5.27. The zero-order valence-corrected chi connectivity index (χ0v) is 14.8. The van der Waals surface area contributed by atoms with Gasteiger partial charge in [-0.3, -0.25) is 9.59 Å². The second-order valence-electron chi connectivity index (χ2n) is 7.95. The normalized spacial score (nSPS) is 18.1. The van der Waals surface area contributed by atoms with Crippen LogP contribution in [-0.2, 0) is 4.79 Å². The molecule has 0 radical (unpaired) electrons. The topological polar surface area (TPSA) is 79.0 Å². The summed E-state index contributed by atoms with van der Waals surface area (Å²) in [6, 6.07) is 0. The Hall–Kier alpha value is -2.24. The molecule has 1 aliphatic carbocycles. The summed E-state index contributed by atoms with van der Waals surface area (Å²) in [7, 11) is 0. The summed E-state index contributed by atoms with van der Waals surface area (Å²) < 4.78 is 0. The van der Waals surface area contributed by atoms with Crippen LogP contribution in [0.2, 0.25) is 0 Å². The largest absolute Gasteiger partial charge is 0.344 e. The first-order valence-electron chi connectivity index (χ1n) is 9.12. The number of hydrogen-bond donors (Lipinski definition) is 1. The maximum atomic E-state index is 12.9. The lowest BCUT2D eigenvalue weighted by Gasteiger charge is -2.28. The molecule has 1 aliphatic heterocycles. The highest BCUT2D eigenvalue weighted by Gasteiger charge is 2.36. The first kappa shape index (κ1) is 16.2. The average Bonchev–Trinajstić information content (AvgIpc) is 3.12. The number of carbonyl (C=O) groups is 2. The van der Waals surface area contributed by atoms with E-state index in [1.54, 1.807) is 12.4 Å². The third kappa shape index (κ3) is 3.05. The highest BCUT2D eigenvalue weighted by Crippen LogP contribution is 2.39. The van der Waals surface area contributed by atoms with E-state index < -0.39 is 5.41 Å². The van der Waals surface area contributed by atoms with E-state index in [0.717, 1.165) is 44.5 Å². The lowest BCUT2D eigenvalue weighted by atomic mass is 9.84. The van der Waals surface area contributed by atoms with Gasteiger partial charge >= 0.3 is 0 Å². The van der Waals surface area contributed by atoms with E-state index in [9.17, 15) is 9.59 Å². The van der Waals surface area contributed by atoms with Crippen LogP contribution < -0.4 is 0 Å². The van der Waals surface area contributed by atoms with Crippen molar-refractivity contribution >= 4 is 22.9 Å². The van der Waals surface area contributed by atoms with Crippen LogP contribution in [0.1, 0.15) is 67.9 Å². The SMILES string of the molecule is CC(C)(CC(=O)c1c[nH]c2ncc(C3CC3)nc12)C(=O)N1CCCC1. The maximum Gasteiger partial charge on any atom is 0.228 e. The van der Waals surface area contributed by atoms with Crippen molar-refractivity contribution < 1.29 is 9.59 Å². The Morgan fingerprint density at radius 3 is 2.68 bits per heavy atom. The van der Waals surface area contributed by atoms with Gasteiger partial charge in [0.05, 0.1) is 22.9 Å². The fraction of sp³-hybridized carbons (Fsp3) is 0.579. The molecule has 1 saturated carbocycles. The Morgan fingerprint density at radius 1 is 1.28 bits per heavy atom. The quantitative estimate of drug-likeness (QED) is 0.849. The molecule has 2 aromatic rings. The number of nitrogens with zero attached hydrogens (tertiary/aromatic N) is 3. The Morgan fingerprint density at radius 2 is 2.00 bits per heavy atom. The van der Waals surface area contributed by atoms with E-state index in [1.807, 2.05) is 18.7 Å². The van der Waals surface area contributed by atoms with Gasteiger partial charge in [-0.15, -0.1) is 0 Å². The fourth-order valence-electron chi connectivity index (χ4n) is 3.61. The summed E-state index contributed by atoms with van der Waals surface area (Å²) in [4.78, 5) is 39.6. The number of carbonyl (C=O) groups excluding carboxylic acids is 2.